The van der Waals surface area contributed by atoms with Crippen molar-refractivity contribution in [2.24, 2.45) is 20.5 Å². The number of hydrogen-bond donors (Lipinski definition) is 6. The highest BCUT2D eigenvalue weighted by atomic mass is 32.2. The van der Waals surface area contributed by atoms with E-state index in [9.17, 15) is 52.4 Å². The van der Waals surface area contributed by atoms with Crippen LogP contribution in [0.3, 0.4) is 0 Å². The van der Waals surface area contributed by atoms with Crippen molar-refractivity contribution in [3.8, 4) is 5.75 Å². The Bertz CT molecular complexity index is 2450. The predicted octanol–water partition coefficient (Wildman–Crippen LogP) is 4.20. The van der Waals surface area contributed by atoms with Gasteiger partial charge in [-0.15, -0.1) is 15.3 Å². The molecule has 0 atom stereocenters. The Hall–Kier alpha value is -4.84. The third-order valence-electron chi connectivity index (χ3n) is 6.04. The summed E-state index contributed by atoms with van der Waals surface area (Å²) in [6.07, 6.45) is 0. The molecule has 242 valence electrons. The molecule has 0 radical (unpaired) electrons. The maximum Gasteiger partial charge on any atom is 0.296 e. The minimum atomic E-state index is -5.28. The van der Waals surface area contributed by atoms with Crippen LogP contribution in [0, 0.1) is 0 Å². The first-order valence-corrected chi connectivity index (χ1v) is 17.8. The highest BCUT2D eigenvalue weighted by Crippen LogP contribution is 2.48. The number of nitrogen functional groups attached to an aromatic ring is 2. The van der Waals surface area contributed by atoms with Crippen molar-refractivity contribution in [1.82, 2.24) is 0 Å². The molecule has 0 aromatic heterocycles. The van der Waals surface area contributed by atoms with Crippen LogP contribution in [0.15, 0.2) is 107 Å². The molecule has 4 aromatic carbocycles. The van der Waals surface area contributed by atoms with Crippen molar-refractivity contribution in [2.45, 2.75) is 19.6 Å². The number of phenols is 1. The summed E-state index contributed by atoms with van der Waals surface area (Å²) in [6, 6.07) is 8.83. The SMILES string of the molecule is C=CS(=O)(=O)c1ccc(N=Nc2c(S(=O)(=O)O)cc3cc(S(=O)(=O)O)c(N=Nc4cc(N)ccc4S(=O)(=O)O)c(O)c3c2N)cc1. The molecule has 0 aliphatic rings. The second-order valence-corrected chi connectivity index (χ2v) is 15.1. The van der Waals surface area contributed by atoms with Crippen LogP contribution in [-0.2, 0) is 40.2 Å². The van der Waals surface area contributed by atoms with Crippen molar-refractivity contribution in [3.63, 3.8) is 0 Å². The Labute approximate surface area is 260 Å². The zero-order valence-electron chi connectivity index (χ0n) is 22.6. The molecule has 0 bridgehead atoms. The summed E-state index contributed by atoms with van der Waals surface area (Å²) in [4.78, 5) is -3.13. The molecule has 0 spiro atoms. The first-order valence-electron chi connectivity index (χ1n) is 11.9. The average Bonchev–Trinajstić information content (AvgIpc) is 2.94. The van der Waals surface area contributed by atoms with E-state index < -0.39 is 94.1 Å². The van der Waals surface area contributed by atoms with E-state index in [1.165, 1.54) is 12.1 Å². The summed E-state index contributed by atoms with van der Waals surface area (Å²) in [5.74, 6) is -1.14. The Morgan fingerprint density at radius 3 is 1.70 bits per heavy atom. The average molecular weight is 713 g/mol. The van der Waals surface area contributed by atoms with Gasteiger partial charge in [-0.3, -0.25) is 13.7 Å². The standard InChI is InChI=1S/C24H20N6O12S4/c1-2-43(32,33)15-6-4-14(5-7-15)27-29-22-18(45(37,38)39)9-12-10-19(46(40,41)42)23(24(31)20(12)21(22)26)30-28-16-11-13(25)3-8-17(16)44(34,35)36/h2-11,31H,1,25-26H2,(H,34,35,36)(H,37,38,39)(H,40,41,42). The normalized spacial score (nSPS) is 13.1. The molecule has 4 rings (SSSR count). The van der Waals surface area contributed by atoms with Gasteiger partial charge in [0.15, 0.2) is 15.6 Å². The fourth-order valence-electron chi connectivity index (χ4n) is 3.95. The third-order valence-corrected chi connectivity index (χ3v) is 10.0. The summed E-state index contributed by atoms with van der Waals surface area (Å²) in [6.45, 7) is 3.21. The summed E-state index contributed by atoms with van der Waals surface area (Å²) >= 11 is 0. The molecule has 0 saturated heterocycles. The molecule has 0 unspecified atom stereocenters. The van der Waals surface area contributed by atoms with E-state index in [-0.39, 0.29) is 16.3 Å². The molecule has 18 nitrogen and oxygen atoms in total. The van der Waals surface area contributed by atoms with Crippen molar-refractivity contribution in [3.05, 3.63) is 66.6 Å². The van der Waals surface area contributed by atoms with Crippen molar-refractivity contribution < 1.29 is 52.4 Å². The van der Waals surface area contributed by atoms with E-state index in [0.717, 1.165) is 30.3 Å². The molecule has 8 N–H and O–H groups in total. The zero-order valence-corrected chi connectivity index (χ0v) is 25.9. The number of phenolic OH excluding ortho intramolecular Hbond substituents is 1. The first-order chi connectivity index (χ1) is 21.1. The number of nitrogens with zero attached hydrogens (tertiary/aromatic N) is 4. The molecule has 0 aliphatic heterocycles. The summed E-state index contributed by atoms with van der Waals surface area (Å²) < 4.78 is 126. The second-order valence-electron chi connectivity index (χ2n) is 9.06. The van der Waals surface area contributed by atoms with Crippen LogP contribution in [-0.4, -0.2) is 52.4 Å². The Morgan fingerprint density at radius 2 is 1.17 bits per heavy atom. The highest BCUT2D eigenvalue weighted by Gasteiger charge is 2.28. The summed E-state index contributed by atoms with van der Waals surface area (Å²) in [5, 5.41) is 25.5. The number of rotatable bonds is 9. The van der Waals surface area contributed by atoms with Gasteiger partial charge >= 0.3 is 0 Å². The largest absolute Gasteiger partial charge is 0.505 e. The fraction of sp³-hybridized carbons (Fsp3) is 0. The zero-order chi connectivity index (χ0) is 34.4. The Morgan fingerprint density at radius 1 is 0.652 bits per heavy atom. The van der Waals surface area contributed by atoms with Crippen LogP contribution in [0.1, 0.15) is 0 Å². The predicted molar refractivity (Wildman–Crippen MR) is 163 cm³/mol. The molecular weight excluding hydrogens is 693 g/mol. The van der Waals surface area contributed by atoms with Crippen LogP contribution in [0.5, 0.6) is 5.75 Å². The van der Waals surface area contributed by atoms with Crippen LogP contribution in [0.25, 0.3) is 10.8 Å². The van der Waals surface area contributed by atoms with E-state index in [2.05, 4.69) is 27.0 Å². The monoisotopic (exact) mass is 712 g/mol. The third kappa shape index (κ3) is 6.86. The van der Waals surface area contributed by atoms with Crippen molar-refractivity contribution in [2.75, 3.05) is 11.5 Å². The van der Waals surface area contributed by atoms with Gasteiger partial charge in [-0.2, -0.15) is 30.4 Å². The van der Waals surface area contributed by atoms with Gasteiger partial charge in [0, 0.05) is 11.1 Å². The minimum absolute atomic E-state index is 0.0268. The lowest BCUT2D eigenvalue weighted by Gasteiger charge is -2.14. The number of benzene rings is 4. The van der Waals surface area contributed by atoms with Crippen molar-refractivity contribution in [1.29, 1.82) is 0 Å². The first kappa shape index (κ1) is 34.0. The molecule has 0 heterocycles. The maximum absolute atomic E-state index is 12.3. The number of fused-ring (bicyclic) bond motifs is 1. The number of anilines is 2. The molecule has 46 heavy (non-hydrogen) atoms. The van der Waals surface area contributed by atoms with Gasteiger partial charge in [0.25, 0.3) is 30.4 Å². The smallest absolute Gasteiger partial charge is 0.296 e. The lowest BCUT2D eigenvalue weighted by Crippen LogP contribution is -2.04. The van der Waals surface area contributed by atoms with E-state index in [1.807, 2.05) is 0 Å². The second kappa shape index (κ2) is 11.8. The lowest BCUT2D eigenvalue weighted by atomic mass is 10.1. The van der Waals surface area contributed by atoms with Crippen molar-refractivity contribution >= 4 is 85.1 Å². The lowest BCUT2D eigenvalue weighted by molar-refractivity contribution is 0.472. The minimum Gasteiger partial charge on any atom is -0.505 e. The quantitative estimate of drug-likeness (QED) is 0.0805. The molecular formula is C24H20N6O12S4. The number of azo groups is 2. The molecule has 0 fully saturated rings. The summed E-state index contributed by atoms with van der Waals surface area (Å²) in [5.41, 5.74) is 8.56. The molecule has 0 aliphatic carbocycles. The molecule has 0 amide bonds. The number of aromatic hydroxyl groups is 1. The van der Waals surface area contributed by atoms with Crippen LogP contribution in [0.4, 0.5) is 34.1 Å². The van der Waals surface area contributed by atoms with Gasteiger partial charge in [-0.05, 0) is 60.0 Å². The van der Waals surface area contributed by atoms with E-state index in [0.29, 0.717) is 17.5 Å². The van der Waals surface area contributed by atoms with Gasteiger partial charge in [0.2, 0.25) is 0 Å². The maximum atomic E-state index is 12.3. The Kier molecular flexibility index (Phi) is 8.75. The van der Waals surface area contributed by atoms with Crippen LogP contribution in [0.2, 0.25) is 0 Å². The number of hydrogen-bond acceptors (Lipinski definition) is 15. The van der Waals surface area contributed by atoms with Gasteiger partial charge in [-0.25, -0.2) is 8.42 Å². The van der Waals surface area contributed by atoms with Crippen LogP contribution < -0.4 is 11.5 Å². The Balaban J connectivity index is 2.00. The number of sulfone groups is 1. The van der Waals surface area contributed by atoms with Gasteiger partial charge in [0.1, 0.15) is 31.7 Å². The van der Waals surface area contributed by atoms with Gasteiger partial charge < -0.3 is 16.6 Å². The summed E-state index contributed by atoms with van der Waals surface area (Å²) in [7, 11) is -19.2. The van der Waals surface area contributed by atoms with Crippen LogP contribution >= 0.6 is 0 Å². The topological polar surface area (TPSA) is 319 Å². The van der Waals surface area contributed by atoms with E-state index >= 15 is 0 Å². The van der Waals surface area contributed by atoms with Gasteiger partial charge in [0.05, 0.1) is 21.7 Å². The highest BCUT2D eigenvalue weighted by molar-refractivity contribution is 7.94. The fourth-order valence-corrected chi connectivity index (χ4v) is 6.59. The van der Waals surface area contributed by atoms with Gasteiger partial charge in [-0.1, -0.05) is 6.58 Å². The molecule has 22 heteroatoms. The van der Waals surface area contributed by atoms with E-state index in [1.54, 1.807) is 0 Å². The van der Waals surface area contributed by atoms with E-state index in [4.69, 9.17) is 11.5 Å². The molecule has 0 saturated carbocycles. The molecule has 4 aromatic rings. The number of nitrogens with two attached hydrogens (primary N) is 2.